The number of carbonyl (C=O) groups excluding carboxylic acids is 1. The van der Waals surface area contributed by atoms with Crippen LogP contribution in [0.1, 0.15) is 49.1 Å². The van der Waals surface area contributed by atoms with Crippen molar-refractivity contribution in [3.63, 3.8) is 0 Å². The lowest BCUT2D eigenvalue weighted by atomic mass is 9.94. The van der Waals surface area contributed by atoms with E-state index in [1.807, 2.05) is 24.3 Å². The molecule has 42 heavy (non-hydrogen) atoms. The van der Waals surface area contributed by atoms with Gasteiger partial charge in [0.1, 0.15) is 34.3 Å². The highest BCUT2D eigenvalue weighted by atomic mass is 32.2. The van der Waals surface area contributed by atoms with Crippen molar-refractivity contribution in [3.05, 3.63) is 77.0 Å². The van der Waals surface area contributed by atoms with E-state index < -0.39 is 21.2 Å². The van der Waals surface area contributed by atoms with Crippen molar-refractivity contribution < 1.29 is 17.7 Å². The SMILES string of the molecule is Cc1cc(NS(=O)(=O)c2ccc(NC(=O)C(C)Sc3nc(N)c(C#N)c(-c4ccc(C(C)C)cc4)c3C#N)cc2)no1. The van der Waals surface area contributed by atoms with E-state index in [9.17, 15) is 23.7 Å². The topological polar surface area (TPSA) is 188 Å². The minimum atomic E-state index is -3.92. The lowest BCUT2D eigenvalue weighted by Crippen LogP contribution is -2.23. The molecule has 4 rings (SSSR count). The summed E-state index contributed by atoms with van der Waals surface area (Å²) in [4.78, 5) is 17.3. The fourth-order valence-electron chi connectivity index (χ4n) is 4.00. The van der Waals surface area contributed by atoms with Crippen molar-refractivity contribution in [3.8, 4) is 23.3 Å². The van der Waals surface area contributed by atoms with Crippen LogP contribution in [0, 0.1) is 29.6 Å². The summed E-state index contributed by atoms with van der Waals surface area (Å²) in [5, 5.41) is 25.7. The molecule has 0 saturated carbocycles. The Morgan fingerprint density at radius 2 is 1.67 bits per heavy atom. The van der Waals surface area contributed by atoms with E-state index >= 15 is 0 Å². The zero-order valence-electron chi connectivity index (χ0n) is 23.2. The van der Waals surface area contributed by atoms with E-state index in [-0.39, 0.29) is 32.7 Å². The number of thioether (sulfide) groups is 1. The van der Waals surface area contributed by atoms with Gasteiger partial charge in [0.2, 0.25) is 5.91 Å². The number of sulfonamides is 1. The Kier molecular flexibility index (Phi) is 8.85. The van der Waals surface area contributed by atoms with Gasteiger partial charge >= 0.3 is 0 Å². The summed E-state index contributed by atoms with van der Waals surface area (Å²) in [5.74, 6) is 0.359. The molecule has 1 unspecified atom stereocenters. The van der Waals surface area contributed by atoms with Gasteiger partial charge in [0.15, 0.2) is 5.82 Å². The number of nitrogens with zero attached hydrogens (tertiary/aromatic N) is 4. The van der Waals surface area contributed by atoms with Gasteiger partial charge in [0.05, 0.1) is 15.7 Å². The molecule has 11 nitrogen and oxygen atoms in total. The highest BCUT2D eigenvalue weighted by Gasteiger charge is 2.24. The average Bonchev–Trinajstić information content (AvgIpc) is 3.36. The third-order valence-corrected chi connectivity index (χ3v) is 8.70. The second-order valence-electron chi connectivity index (χ2n) is 9.63. The third-order valence-electron chi connectivity index (χ3n) is 6.24. The number of carbonyl (C=O) groups is 1. The van der Waals surface area contributed by atoms with Gasteiger partial charge in [-0.1, -0.05) is 55.0 Å². The number of hydrogen-bond donors (Lipinski definition) is 3. The number of aromatic nitrogens is 2. The van der Waals surface area contributed by atoms with Gasteiger partial charge in [-0.25, -0.2) is 13.4 Å². The van der Waals surface area contributed by atoms with Crippen molar-refractivity contribution in [2.75, 3.05) is 15.8 Å². The van der Waals surface area contributed by atoms with E-state index in [1.165, 1.54) is 30.3 Å². The molecule has 2 aromatic heterocycles. The molecular formula is C29H27N7O4S2. The molecular weight excluding hydrogens is 574 g/mol. The molecule has 2 heterocycles. The molecule has 0 aliphatic rings. The summed E-state index contributed by atoms with van der Waals surface area (Å²) >= 11 is 1.03. The van der Waals surface area contributed by atoms with Gasteiger partial charge in [-0.15, -0.1) is 0 Å². The van der Waals surface area contributed by atoms with Crippen molar-refractivity contribution in [2.24, 2.45) is 0 Å². The van der Waals surface area contributed by atoms with Crippen molar-refractivity contribution in [1.29, 1.82) is 10.5 Å². The van der Waals surface area contributed by atoms with Crippen LogP contribution in [0.5, 0.6) is 0 Å². The minimum absolute atomic E-state index is 0.0338. The molecule has 0 spiro atoms. The standard InChI is InChI=1S/C29H27N7O4S2/c1-16(2)19-5-7-20(8-6-19)26-23(14-30)27(32)34-29(24(26)15-31)41-18(4)28(37)33-21-9-11-22(12-10-21)42(38,39)36-25-13-17(3)40-35-25/h5-13,16,18H,1-4H3,(H2,32,34)(H,33,37)(H,35,36). The zero-order chi connectivity index (χ0) is 30.6. The Balaban J connectivity index is 1.53. The lowest BCUT2D eigenvalue weighted by Gasteiger charge is -2.16. The maximum Gasteiger partial charge on any atom is 0.263 e. The Hall–Kier alpha value is -4.85. The normalized spacial score (nSPS) is 11.9. The number of hydrogen-bond acceptors (Lipinski definition) is 10. The van der Waals surface area contributed by atoms with Gasteiger partial charge in [-0.05, 0) is 55.2 Å². The smallest absolute Gasteiger partial charge is 0.263 e. The maximum atomic E-state index is 13.0. The molecule has 4 N–H and O–H groups in total. The Bertz CT molecular complexity index is 1820. The second kappa shape index (κ2) is 12.3. The fourth-order valence-corrected chi connectivity index (χ4v) is 5.90. The first-order valence-electron chi connectivity index (χ1n) is 12.7. The van der Waals surface area contributed by atoms with E-state index in [0.29, 0.717) is 28.5 Å². The van der Waals surface area contributed by atoms with Crippen LogP contribution in [0.3, 0.4) is 0 Å². The summed E-state index contributed by atoms with van der Waals surface area (Å²) in [5.41, 5.74) is 8.83. The predicted octanol–water partition coefficient (Wildman–Crippen LogP) is 5.41. The van der Waals surface area contributed by atoms with E-state index in [0.717, 1.165) is 17.3 Å². The summed E-state index contributed by atoms with van der Waals surface area (Å²) < 4.78 is 32.4. The van der Waals surface area contributed by atoms with Gasteiger partial charge in [-0.2, -0.15) is 10.5 Å². The van der Waals surface area contributed by atoms with Crippen LogP contribution in [-0.2, 0) is 14.8 Å². The Morgan fingerprint density at radius 1 is 1.02 bits per heavy atom. The monoisotopic (exact) mass is 601 g/mol. The number of aryl methyl sites for hydroxylation is 1. The lowest BCUT2D eigenvalue weighted by molar-refractivity contribution is -0.115. The van der Waals surface area contributed by atoms with Crippen LogP contribution < -0.4 is 15.8 Å². The van der Waals surface area contributed by atoms with Gasteiger partial charge < -0.3 is 15.6 Å². The van der Waals surface area contributed by atoms with E-state index in [1.54, 1.807) is 13.8 Å². The van der Waals surface area contributed by atoms with Gasteiger partial charge in [-0.3, -0.25) is 9.52 Å². The number of nitrogen functional groups attached to an aromatic ring is 1. The number of amides is 1. The van der Waals surface area contributed by atoms with Crippen molar-refractivity contribution in [2.45, 2.75) is 48.8 Å². The largest absolute Gasteiger partial charge is 0.383 e. The van der Waals surface area contributed by atoms with Crippen LogP contribution >= 0.6 is 11.8 Å². The van der Waals surface area contributed by atoms with Crippen LogP contribution in [-0.4, -0.2) is 29.7 Å². The average molecular weight is 602 g/mol. The molecule has 1 atom stereocenters. The highest BCUT2D eigenvalue weighted by Crippen LogP contribution is 2.37. The second-order valence-corrected chi connectivity index (χ2v) is 12.6. The van der Waals surface area contributed by atoms with E-state index in [2.05, 4.69) is 46.2 Å². The minimum Gasteiger partial charge on any atom is -0.383 e. The number of benzene rings is 2. The number of pyridine rings is 1. The van der Waals surface area contributed by atoms with Gasteiger partial charge in [0.25, 0.3) is 10.0 Å². The fraction of sp³-hybridized carbons (Fsp3) is 0.207. The van der Waals surface area contributed by atoms with Crippen LogP contribution in [0.15, 0.2) is 69.0 Å². The number of nitriles is 2. The number of rotatable bonds is 9. The number of anilines is 3. The molecule has 0 aliphatic heterocycles. The molecule has 0 radical (unpaired) electrons. The van der Waals surface area contributed by atoms with Crippen LogP contribution in [0.2, 0.25) is 0 Å². The molecule has 214 valence electrons. The molecule has 0 fully saturated rings. The third kappa shape index (κ3) is 6.54. The van der Waals surface area contributed by atoms with Crippen LogP contribution in [0.4, 0.5) is 17.3 Å². The van der Waals surface area contributed by atoms with Gasteiger partial charge in [0, 0.05) is 17.3 Å². The Morgan fingerprint density at radius 3 is 2.21 bits per heavy atom. The zero-order valence-corrected chi connectivity index (χ0v) is 24.8. The molecule has 2 aromatic carbocycles. The summed E-state index contributed by atoms with van der Waals surface area (Å²) in [7, 11) is -3.92. The Labute approximate surface area is 247 Å². The summed E-state index contributed by atoms with van der Waals surface area (Å²) in [6, 6.07) is 18.8. The number of nitrogens with two attached hydrogens (primary N) is 1. The molecule has 1 amide bonds. The first-order chi connectivity index (χ1) is 19.9. The molecule has 4 aromatic rings. The maximum absolute atomic E-state index is 13.0. The number of nitrogens with one attached hydrogen (secondary N) is 2. The molecule has 13 heteroatoms. The summed E-state index contributed by atoms with van der Waals surface area (Å²) in [6.07, 6.45) is 0. The first kappa shape index (κ1) is 30.1. The van der Waals surface area contributed by atoms with Crippen molar-refractivity contribution in [1.82, 2.24) is 10.1 Å². The predicted molar refractivity (Wildman–Crippen MR) is 160 cm³/mol. The molecule has 0 aliphatic carbocycles. The first-order valence-corrected chi connectivity index (χ1v) is 15.1. The van der Waals surface area contributed by atoms with E-state index in [4.69, 9.17) is 10.3 Å². The highest BCUT2D eigenvalue weighted by molar-refractivity contribution is 8.00. The molecule has 0 bridgehead atoms. The summed E-state index contributed by atoms with van der Waals surface area (Å²) in [6.45, 7) is 7.41. The quantitative estimate of drug-likeness (QED) is 0.209. The van der Waals surface area contributed by atoms with Crippen LogP contribution in [0.25, 0.3) is 11.1 Å². The molecule has 0 saturated heterocycles. The van der Waals surface area contributed by atoms with Crippen molar-refractivity contribution >= 4 is 45.0 Å².